The lowest BCUT2D eigenvalue weighted by atomic mass is 10.2. The van der Waals surface area contributed by atoms with Gasteiger partial charge in [-0.25, -0.2) is 0 Å². The zero-order valence-corrected chi connectivity index (χ0v) is 7.86. The number of nitrogens with zero attached hydrogens (tertiary/aromatic N) is 1. The second-order valence-corrected chi connectivity index (χ2v) is 3.02. The van der Waals surface area contributed by atoms with E-state index in [1.54, 1.807) is 36.7 Å². The maximum atomic E-state index is 10.7. The molecule has 4 heteroatoms. The summed E-state index contributed by atoms with van der Waals surface area (Å²) in [5.41, 5.74) is 0.865. The second kappa shape index (κ2) is 3.64. The lowest BCUT2D eigenvalue weighted by Gasteiger charge is -1.93. The van der Waals surface area contributed by atoms with Gasteiger partial charge in [-0.1, -0.05) is 0 Å². The average molecular weight is 208 g/mol. The molecule has 0 aliphatic carbocycles. The van der Waals surface area contributed by atoms with Gasteiger partial charge in [0.1, 0.15) is 5.76 Å². The van der Waals surface area contributed by atoms with Crippen molar-refractivity contribution in [2.45, 2.75) is 0 Å². The van der Waals surface area contributed by atoms with Crippen molar-refractivity contribution in [2.24, 2.45) is 0 Å². The summed E-state index contributed by atoms with van der Waals surface area (Å²) in [7, 11) is 0. The maximum absolute atomic E-state index is 10.7. The Morgan fingerprint density at radius 1 is 1.21 bits per heavy atom. The number of furan rings is 1. The van der Waals surface area contributed by atoms with Crippen molar-refractivity contribution in [2.75, 3.05) is 0 Å². The van der Waals surface area contributed by atoms with Gasteiger partial charge >= 0.3 is 0 Å². The van der Waals surface area contributed by atoms with Crippen LogP contribution in [0.5, 0.6) is 0 Å². The topological polar surface area (TPSA) is 43.1 Å². The molecule has 0 saturated heterocycles. The predicted molar refractivity (Wildman–Crippen MR) is 52.1 cm³/mol. The number of halogens is 1. The van der Waals surface area contributed by atoms with Crippen molar-refractivity contribution in [3.63, 3.8) is 0 Å². The first-order chi connectivity index (χ1) is 6.77. The van der Waals surface area contributed by atoms with Crippen LogP contribution >= 0.6 is 11.6 Å². The summed E-state index contributed by atoms with van der Waals surface area (Å²) in [6.45, 7) is 0. The number of hydrogen-bond donors (Lipinski definition) is 0. The van der Waals surface area contributed by atoms with Crippen LogP contribution < -0.4 is 0 Å². The molecule has 0 saturated carbocycles. The molecule has 0 fully saturated rings. The number of carbonyl (C=O) groups is 1. The van der Waals surface area contributed by atoms with Gasteiger partial charge in [0.05, 0.1) is 0 Å². The quantitative estimate of drug-likeness (QED) is 0.712. The normalized spacial score (nSPS) is 10.1. The highest BCUT2D eigenvalue weighted by atomic mass is 35.5. The highest BCUT2D eigenvalue weighted by Gasteiger charge is 2.08. The number of carbonyl (C=O) groups excluding carboxylic acids is 1. The Bertz CT molecular complexity index is 450. The Kier molecular flexibility index (Phi) is 2.33. The smallest absolute Gasteiger partial charge is 0.287 e. The Morgan fingerprint density at radius 3 is 2.50 bits per heavy atom. The lowest BCUT2D eigenvalue weighted by molar-refractivity contribution is 0.105. The van der Waals surface area contributed by atoms with Crippen molar-refractivity contribution >= 4 is 16.8 Å². The maximum Gasteiger partial charge on any atom is 0.287 e. The summed E-state index contributed by atoms with van der Waals surface area (Å²) in [4.78, 5) is 14.6. The van der Waals surface area contributed by atoms with E-state index in [4.69, 9.17) is 16.0 Å². The Balaban J connectivity index is 2.39. The van der Waals surface area contributed by atoms with Crippen LogP contribution in [0, 0.1) is 0 Å². The summed E-state index contributed by atoms with van der Waals surface area (Å²) in [5.74, 6) is 0.759. The minimum atomic E-state index is -0.592. The largest absolute Gasteiger partial charge is 0.452 e. The molecule has 70 valence electrons. The fourth-order valence-corrected chi connectivity index (χ4v) is 1.22. The fraction of sp³-hybridized carbons (Fsp3) is 0. The van der Waals surface area contributed by atoms with E-state index in [9.17, 15) is 4.79 Å². The lowest BCUT2D eigenvalue weighted by Crippen LogP contribution is -1.81. The molecule has 2 heterocycles. The molecule has 0 aromatic carbocycles. The van der Waals surface area contributed by atoms with Crippen LogP contribution in [0.4, 0.5) is 0 Å². The number of hydrogen-bond acceptors (Lipinski definition) is 3. The zero-order chi connectivity index (χ0) is 9.97. The summed E-state index contributed by atoms with van der Waals surface area (Å²) < 4.78 is 5.22. The third-order valence-electron chi connectivity index (χ3n) is 1.76. The van der Waals surface area contributed by atoms with Crippen LogP contribution in [0.25, 0.3) is 11.3 Å². The van der Waals surface area contributed by atoms with E-state index in [2.05, 4.69) is 4.98 Å². The molecular formula is C10H6ClNO2. The molecule has 0 bridgehead atoms. The summed E-state index contributed by atoms with van der Waals surface area (Å²) in [5, 5.41) is -0.592. The van der Waals surface area contributed by atoms with Gasteiger partial charge < -0.3 is 4.42 Å². The Labute approximate surface area is 85.3 Å². The van der Waals surface area contributed by atoms with Gasteiger partial charge in [0.2, 0.25) is 0 Å². The van der Waals surface area contributed by atoms with Crippen LogP contribution in [0.15, 0.2) is 41.1 Å². The summed E-state index contributed by atoms with van der Waals surface area (Å²) >= 11 is 5.26. The van der Waals surface area contributed by atoms with Crippen molar-refractivity contribution in [1.29, 1.82) is 0 Å². The summed E-state index contributed by atoms with van der Waals surface area (Å²) in [6, 6.07) is 6.83. The van der Waals surface area contributed by atoms with Crippen molar-refractivity contribution in [1.82, 2.24) is 4.98 Å². The van der Waals surface area contributed by atoms with Crippen molar-refractivity contribution < 1.29 is 9.21 Å². The zero-order valence-electron chi connectivity index (χ0n) is 7.11. The highest BCUT2D eigenvalue weighted by molar-refractivity contribution is 6.67. The molecule has 2 aromatic rings. The van der Waals surface area contributed by atoms with Crippen LogP contribution in [0.3, 0.4) is 0 Å². The molecule has 0 radical (unpaired) electrons. The van der Waals surface area contributed by atoms with Crippen molar-refractivity contribution in [3.8, 4) is 11.3 Å². The first kappa shape index (κ1) is 8.97. The number of aromatic nitrogens is 1. The Morgan fingerprint density at radius 2 is 1.93 bits per heavy atom. The Hall–Kier alpha value is -1.61. The predicted octanol–water partition coefficient (Wildman–Crippen LogP) is 2.72. The van der Waals surface area contributed by atoms with Gasteiger partial charge in [-0.2, -0.15) is 0 Å². The summed E-state index contributed by atoms with van der Waals surface area (Å²) in [6.07, 6.45) is 3.31. The molecule has 0 aliphatic heterocycles. The standard InChI is InChI=1S/C10H6ClNO2/c11-10(13)9-2-1-8(14-9)7-3-5-12-6-4-7/h1-6H. The molecule has 0 unspecified atom stereocenters. The molecule has 0 amide bonds. The average Bonchev–Trinajstić information content (AvgIpc) is 2.68. The van der Waals surface area contributed by atoms with Gasteiger partial charge in [0.25, 0.3) is 5.24 Å². The first-order valence-electron chi connectivity index (χ1n) is 3.97. The van der Waals surface area contributed by atoms with Gasteiger partial charge in [-0.3, -0.25) is 9.78 Å². The molecule has 0 atom stereocenters. The van der Waals surface area contributed by atoms with E-state index < -0.39 is 5.24 Å². The van der Waals surface area contributed by atoms with E-state index in [1.165, 1.54) is 0 Å². The van der Waals surface area contributed by atoms with E-state index in [0.717, 1.165) is 5.56 Å². The SMILES string of the molecule is O=C(Cl)c1ccc(-c2ccncc2)o1. The van der Waals surface area contributed by atoms with E-state index in [1.807, 2.05) is 0 Å². The van der Waals surface area contributed by atoms with Crippen LogP contribution in [-0.4, -0.2) is 10.2 Å². The molecule has 0 N–H and O–H groups in total. The minimum absolute atomic E-state index is 0.151. The third-order valence-corrected chi connectivity index (χ3v) is 1.95. The molecule has 0 aliphatic rings. The molecular weight excluding hydrogens is 202 g/mol. The number of pyridine rings is 1. The van der Waals surface area contributed by atoms with Crippen molar-refractivity contribution in [3.05, 3.63) is 42.4 Å². The molecule has 0 spiro atoms. The number of rotatable bonds is 2. The van der Waals surface area contributed by atoms with Crippen LogP contribution in [0.2, 0.25) is 0 Å². The minimum Gasteiger partial charge on any atom is -0.452 e. The van der Waals surface area contributed by atoms with Gasteiger partial charge in [0, 0.05) is 18.0 Å². The second-order valence-electron chi connectivity index (χ2n) is 2.67. The molecule has 14 heavy (non-hydrogen) atoms. The van der Waals surface area contributed by atoms with Gasteiger partial charge in [-0.05, 0) is 35.9 Å². The van der Waals surface area contributed by atoms with E-state index >= 15 is 0 Å². The van der Waals surface area contributed by atoms with Gasteiger partial charge in [0.15, 0.2) is 5.76 Å². The van der Waals surface area contributed by atoms with Crippen LogP contribution in [0.1, 0.15) is 10.6 Å². The third kappa shape index (κ3) is 1.67. The van der Waals surface area contributed by atoms with E-state index in [0.29, 0.717) is 5.76 Å². The fourth-order valence-electron chi connectivity index (χ4n) is 1.11. The molecule has 2 rings (SSSR count). The highest BCUT2D eigenvalue weighted by Crippen LogP contribution is 2.21. The molecule has 3 nitrogen and oxygen atoms in total. The monoisotopic (exact) mass is 207 g/mol. The first-order valence-corrected chi connectivity index (χ1v) is 4.35. The molecule has 2 aromatic heterocycles. The van der Waals surface area contributed by atoms with Crippen LogP contribution in [-0.2, 0) is 0 Å². The van der Waals surface area contributed by atoms with E-state index in [-0.39, 0.29) is 5.76 Å². The van der Waals surface area contributed by atoms with Gasteiger partial charge in [-0.15, -0.1) is 0 Å².